The number of likely N-dealkylation sites (tertiary alicyclic amines) is 1. The highest BCUT2D eigenvalue weighted by Gasteiger charge is 2.28. The molecule has 5 nitrogen and oxygen atoms in total. The minimum Gasteiger partial charge on any atom is -0.478 e. The summed E-state index contributed by atoms with van der Waals surface area (Å²) in [5, 5.41) is 19.6. The van der Waals surface area contributed by atoms with Crippen molar-refractivity contribution in [2.75, 3.05) is 6.54 Å². The summed E-state index contributed by atoms with van der Waals surface area (Å²) in [5.41, 5.74) is 2.20. The number of aliphatic hydroxyl groups is 1. The Balaban J connectivity index is 1.49. The van der Waals surface area contributed by atoms with E-state index in [-0.39, 0.29) is 23.4 Å². The lowest BCUT2D eigenvalue weighted by Crippen LogP contribution is -2.33. The van der Waals surface area contributed by atoms with Gasteiger partial charge in [-0.2, -0.15) is 0 Å². The third-order valence-corrected chi connectivity index (χ3v) is 5.96. The van der Waals surface area contributed by atoms with E-state index in [1.54, 1.807) is 24.3 Å². The first-order valence-corrected chi connectivity index (χ1v) is 11.5. The first-order valence-electron chi connectivity index (χ1n) is 11.5. The molecule has 1 heterocycles. The number of benzene rings is 2. The average Bonchev–Trinajstić information content (AvgIpc) is 3.17. The summed E-state index contributed by atoms with van der Waals surface area (Å²) in [5.74, 6) is 5.43. The zero-order valence-electron chi connectivity index (χ0n) is 19.0. The van der Waals surface area contributed by atoms with Gasteiger partial charge in [0.1, 0.15) is 0 Å². The summed E-state index contributed by atoms with van der Waals surface area (Å²) in [6.07, 6.45) is 6.43. The minimum atomic E-state index is -0.935. The number of aromatic carboxylic acids is 1. The topological polar surface area (TPSA) is 77.8 Å². The van der Waals surface area contributed by atoms with Gasteiger partial charge >= 0.3 is 5.97 Å². The van der Waals surface area contributed by atoms with E-state index < -0.39 is 12.1 Å². The van der Waals surface area contributed by atoms with E-state index in [4.69, 9.17) is 5.11 Å². The van der Waals surface area contributed by atoms with E-state index in [1.165, 1.54) is 0 Å². The Hall–Kier alpha value is -3.36. The number of carbonyl (C=O) groups is 2. The second kappa shape index (κ2) is 12.0. The lowest BCUT2D eigenvalue weighted by atomic mass is 9.99. The highest BCUT2D eigenvalue weighted by molar-refractivity contribution is 5.87. The fourth-order valence-corrected chi connectivity index (χ4v) is 3.95. The minimum absolute atomic E-state index is 0.00970. The second-order valence-electron chi connectivity index (χ2n) is 8.53. The Morgan fingerprint density at radius 3 is 2.76 bits per heavy atom. The van der Waals surface area contributed by atoms with Gasteiger partial charge in [-0.25, -0.2) is 4.79 Å². The van der Waals surface area contributed by atoms with Crippen molar-refractivity contribution in [3.8, 4) is 11.8 Å². The van der Waals surface area contributed by atoms with Gasteiger partial charge in [-0.05, 0) is 55.0 Å². The van der Waals surface area contributed by atoms with Gasteiger partial charge in [-0.3, -0.25) is 4.79 Å². The van der Waals surface area contributed by atoms with Crippen LogP contribution >= 0.6 is 0 Å². The van der Waals surface area contributed by atoms with Gasteiger partial charge < -0.3 is 15.1 Å². The monoisotopic (exact) mass is 445 g/mol. The van der Waals surface area contributed by atoms with Crippen molar-refractivity contribution in [3.05, 3.63) is 83.4 Å². The number of nitrogens with zero attached hydrogens (tertiary/aromatic N) is 1. The van der Waals surface area contributed by atoms with Crippen molar-refractivity contribution in [1.29, 1.82) is 0 Å². The quantitative estimate of drug-likeness (QED) is 0.446. The largest absolute Gasteiger partial charge is 0.478 e. The molecule has 3 atom stereocenters. The van der Waals surface area contributed by atoms with Crippen LogP contribution in [0.15, 0.2) is 66.7 Å². The summed E-state index contributed by atoms with van der Waals surface area (Å²) in [6, 6.07) is 16.7. The predicted octanol–water partition coefficient (Wildman–Crippen LogP) is 4.30. The molecule has 0 radical (unpaired) electrons. The van der Waals surface area contributed by atoms with Crippen LogP contribution in [0, 0.1) is 17.8 Å². The molecule has 1 amide bonds. The molecule has 172 valence electrons. The molecule has 2 aromatic rings. The smallest absolute Gasteiger partial charge is 0.335 e. The van der Waals surface area contributed by atoms with E-state index in [0.29, 0.717) is 25.8 Å². The first-order chi connectivity index (χ1) is 15.9. The number of aryl methyl sites for hydroxylation is 1. The molecule has 0 bridgehead atoms. The zero-order valence-corrected chi connectivity index (χ0v) is 19.0. The third-order valence-electron chi connectivity index (χ3n) is 5.96. The molecule has 33 heavy (non-hydrogen) atoms. The Labute approximate surface area is 195 Å². The number of carbonyl (C=O) groups excluding carboxylic acids is 1. The Kier molecular flexibility index (Phi) is 8.86. The van der Waals surface area contributed by atoms with Crippen LogP contribution in [-0.4, -0.2) is 45.7 Å². The molecular weight excluding hydrogens is 414 g/mol. The zero-order chi connectivity index (χ0) is 23.6. The molecule has 5 heteroatoms. The van der Waals surface area contributed by atoms with Crippen molar-refractivity contribution >= 4 is 11.9 Å². The SMILES string of the molecule is C[C@@H](CC#Cc1ccccc1)[C@H](O)C=C[C@H]1CCC(=O)N1CCCc1cccc(C(=O)O)c1. The standard InChI is InChI=1S/C28H31NO4/c1-21(8-5-11-22-9-3-2-4-10-22)26(30)17-15-25-16-18-27(31)29(25)19-7-13-23-12-6-14-24(20-23)28(32)33/h2-4,6,9-10,12,14-15,17,20-21,25-26,30H,7-8,13,16,18-19H2,1H3,(H,32,33)/t21-,25-,26+/m0/s1. The van der Waals surface area contributed by atoms with Crippen LogP contribution in [0.5, 0.6) is 0 Å². The van der Waals surface area contributed by atoms with Gasteiger partial charge in [-0.15, -0.1) is 0 Å². The summed E-state index contributed by atoms with van der Waals surface area (Å²) < 4.78 is 0. The van der Waals surface area contributed by atoms with Crippen molar-refractivity contribution in [2.24, 2.45) is 5.92 Å². The molecule has 0 aromatic heterocycles. The van der Waals surface area contributed by atoms with Gasteiger partial charge in [0.25, 0.3) is 0 Å². The first kappa shape index (κ1) is 24.3. The number of amides is 1. The molecule has 0 saturated carbocycles. The fourth-order valence-electron chi connectivity index (χ4n) is 3.95. The summed E-state index contributed by atoms with van der Waals surface area (Å²) in [6.45, 7) is 2.58. The van der Waals surface area contributed by atoms with E-state index in [0.717, 1.165) is 24.0 Å². The molecular formula is C28H31NO4. The summed E-state index contributed by atoms with van der Waals surface area (Å²) >= 11 is 0. The fraction of sp³-hybridized carbons (Fsp3) is 0.357. The van der Waals surface area contributed by atoms with E-state index in [9.17, 15) is 14.7 Å². The third kappa shape index (κ3) is 7.34. The predicted molar refractivity (Wildman–Crippen MR) is 129 cm³/mol. The summed E-state index contributed by atoms with van der Waals surface area (Å²) in [4.78, 5) is 25.4. The maximum absolute atomic E-state index is 12.4. The second-order valence-corrected chi connectivity index (χ2v) is 8.53. The van der Waals surface area contributed by atoms with E-state index in [2.05, 4.69) is 11.8 Å². The van der Waals surface area contributed by atoms with E-state index in [1.807, 2.05) is 54.3 Å². The molecule has 1 aliphatic heterocycles. The van der Waals surface area contributed by atoms with Crippen molar-refractivity contribution in [2.45, 2.75) is 51.2 Å². The van der Waals surface area contributed by atoms with Crippen LogP contribution in [0.25, 0.3) is 0 Å². The highest BCUT2D eigenvalue weighted by Crippen LogP contribution is 2.22. The maximum atomic E-state index is 12.4. The normalized spacial score (nSPS) is 17.6. The van der Waals surface area contributed by atoms with Gasteiger partial charge in [0.05, 0.1) is 17.7 Å². The van der Waals surface area contributed by atoms with Crippen molar-refractivity contribution < 1.29 is 19.8 Å². The lowest BCUT2D eigenvalue weighted by Gasteiger charge is -2.23. The number of hydrogen-bond acceptors (Lipinski definition) is 3. The molecule has 2 aromatic carbocycles. The van der Waals surface area contributed by atoms with Gasteiger partial charge in [0.2, 0.25) is 5.91 Å². The maximum Gasteiger partial charge on any atom is 0.335 e. The average molecular weight is 446 g/mol. The molecule has 3 rings (SSSR count). The highest BCUT2D eigenvalue weighted by atomic mass is 16.4. The van der Waals surface area contributed by atoms with Gasteiger partial charge in [0, 0.05) is 24.9 Å². The van der Waals surface area contributed by atoms with Crippen LogP contribution in [0.4, 0.5) is 0 Å². The van der Waals surface area contributed by atoms with Crippen molar-refractivity contribution in [1.82, 2.24) is 4.90 Å². The molecule has 2 N–H and O–H groups in total. The lowest BCUT2D eigenvalue weighted by molar-refractivity contribution is -0.128. The van der Waals surface area contributed by atoms with Crippen LogP contribution in [-0.2, 0) is 11.2 Å². The molecule has 0 spiro atoms. The molecule has 1 aliphatic rings. The number of carboxylic acid groups (broad SMARTS) is 1. The van der Waals surface area contributed by atoms with Gasteiger partial charge in [-0.1, -0.05) is 61.2 Å². The summed E-state index contributed by atoms with van der Waals surface area (Å²) in [7, 11) is 0. The number of carboxylic acids is 1. The van der Waals surface area contributed by atoms with Crippen LogP contribution in [0.1, 0.15) is 54.1 Å². The molecule has 0 unspecified atom stereocenters. The number of rotatable bonds is 9. The molecule has 0 aliphatic carbocycles. The van der Waals surface area contributed by atoms with Gasteiger partial charge in [0.15, 0.2) is 0 Å². The van der Waals surface area contributed by atoms with E-state index >= 15 is 0 Å². The number of aliphatic hydroxyl groups excluding tert-OH is 1. The Bertz CT molecular complexity index is 1030. The van der Waals surface area contributed by atoms with Crippen LogP contribution < -0.4 is 0 Å². The Morgan fingerprint density at radius 1 is 1.21 bits per heavy atom. The number of hydrogen-bond donors (Lipinski definition) is 2. The van der Waals surface area contributed by atoms with Crippen molar-refractivity contribution in [3.63, 3.8) is 0 Å². The van der Waals surface area contributed by atoms with Crippen LogP contribution in [0.3, 0.4) is 0 Å². The molecule has 1 fully saturated rings. The van der Waals surface area contributed by atoms with Crippen LogP contribution in [0.2, 0.25) is 0 Å². The molecule has 1 saturated heterocycles. The Morgan fingerprint density at radius 2 is 2.00 bits per heavy atom.